The Balaban J connectivity index is 2.22. The number of hydrogen-bond acceptors (Lipinski definition) is 2. The van der Waals surface area contributed by atoms with Crippen molar-refractivity contribution in [3.63, 3.8) is 0 Å². The van der Waals surface area contributed by atoms with E-state index >= 15 is 0 Å². The Hall–Kier alpha value is -1.23. The molecule has 0 amide bonds. The van der Waals surface area contributed by atoms with Gasteiger partial charge in [0.2, 0.25) is 0 Å². The standard InChI is InChI=1S/C19H28F2O2Si/c1-19(2,3)24(4,5)23-18-16(20)10-15(11-17(18)21)14-8-6-13(12-22)7-9-14/h10-14H,6-9H2,1-5H3. The molecule has 0 bridgehead atoms. The third-order valence-electron chi connectivity index (χ3n) is 5.62. The van der Waals surface area contributed by atoms with Crippen LogP contribution in [0, 0.1) is 17.6 Å². The third-order valence-corrected chi connectivity index (χ3v) is 9.95. The molecular weight excluding hydrogens is 326 g/mol. The van der Waals surface area contributed by atoms with Crippen molar-refractivity contribution in [3.05, 3.63) is 29.3 Å². The molecule has 1 fully saturated rings. The summed E-state index contributed by atoms with van der Waals surface area (Å²) in [5.74, 6) is -1.27. The second-order valence-corrected chi connectivity index (χ2v) is 13.1. The van der Waals surface area contributed by atoms with Crippen LogP contribution in [-0.4, -0.2) is 14.6 Å². The van der Waals surface area contributed by atoms with Crippen LogP contribution < -0.4 is 4.43 Å². The minimum Gasteiger partial charge on any atom is -0.540 e. The van der Waals surface area contributed by atoms with Crippen molar-refractivity contribution in [1.82, 2.24) is 0 Å². The Bertz CT molecular complexity index is 577. The van der Waals surface area contributed by atoms with E-state index in [2.05, 4.69) is 0 Å². The first-order valence-corrected chi connectivity index (χ1v) is 11.6. The SMILES string of the molecule is CC(C)(C)[Si](C)(C)Oc1c(F)cc(C2CCC(C=O)CC2)cc1F. The maximum absolute atomic E-state index is 14.5. The Labute approximate surface area is 144 Å². The molecule has 1 aliphatic carbocycles. The van der Waals surface area contributed by atoms with Crippen LogP contribution in [0.2, 0.25) is 18.1 Å². The summed E-state index contributed by atoms with van der Waals surface area (Å²) in [4.78, 5) is 10.8. The summed E-state index contributed by atoms with van der Waals surface area (Å²) in [6.07, 6.45) is 4.17. The van der Waals surface area contributed by atoms with Gasteiger partial charge in [0.25, 0.3) is 8.32 Å². The second kappa shape index (κ2) is 6.94. The quantitative estimate of drug-likeness (QED) is 0.503. The van der Waals surface area contributed by atoms with Crippen molar-refractivity contribution >= 4 is 14.6 Å². The third kappa shape index (κ3) is 4.05. The van der Waals surface area contributed by atoms with Crippen LogP contribution in [0.15, 0.2) is 12.1 Å². The molecule has 0 unspecified atom stereocenters. The Kier molecular flexibility index (Phi) is 5.53. The molecule has 134 valence electrons. The molecule has 0 aromatic heterocycles. The lowest BCUT2D eigenvalue weighted by atomic mass is 9.79. The molecule has 0 saturated heterocycles. The monoisotopic (exact) mass is 354 g/mol. The fourth-order valence-corrected chi connectivity index (χ4v) is 3.92. The van der Waals surface area contributed by atoms with Crippen molar-refractivity contribution in [2.45, 2.75) is 70.5 Å². The van der Waals surface area contributed by atoms with Crippen LogP contribution in [0.4, 0.5) is 8.78 Å². The minimum atomic E-state index is -2.30. The predicted octanol–water partition coefficient (Wildman–Crippen LogP) is 5.82. The molecule has 0 spiro atoms. The first-order chi connectivity index (χ1) is 11.0. The smallest absolute Gasteiger partial charge is 0.250 e. The van der Waals surface area contributed by atoms with E-state index in [9.17, 15) is 13.6 Å². The van der Waals surface area contributed by atoms with Gasteiger partial charge >= 0.3 is 0 Å². The van der Waals surface area contributed by atoms with Gasteiger partial charge in [-0.2, -0.15) is 0 Å². The molecular formula is C19H28F2O2Si. The molecule has 2 nitrogen and oxygen atoms in total. The lowest BCUT2D eigenvalue weighted by molar-refractivity contribution is -0.111. The van der Waals surface area contributed by atoms with Crippen LogP contribution in [-0.2, 0) is 4.79 Å². The number of aldehydes is 1. The molecule has 0 radical (unpaired) electrons. The van der Waals surface area contributed by atoms with Crippen molar-refractivity contribution in [2.75, 3.05) is 0 Å². The van der Waals surface area contributed by atoms with Gasteiger partial charge in [0.1, 0.15) is 6.29 Å². The van der Waals surface area contributed by atoms with Gasteiger partial charge in [-0.1, -0.05) is 20.8 Å². The lowest BCUT2D eigenvalue weighted by Crippen LogP contribution is -2.44. The molecule has 0 atom stereocenters. The zero-order valence-corrected chi connectivity index (χ0v) is 16.3. The molecule has 0 aliphatic heterocycles. The van der Waals surface area contributed by atoms with E-state index in [0.717, 1.165) is 32.0 Å². The van der Waals surface area contributed by atoms with Crippen LogP contribution in [0.1, 0.15) is 57.9 Å². The van der Waals surface area contributed by atoms with E-state index in [4.69, 9.17) is 4.43 Å². The minimum absolute atomic E-state index is 0.0946. The molecule has 2 rings (SSSR count). The maximum Gasteiger partial charge on any atom is 0.250 e. The number of halogens is 2. The summed E-state index contributed by atoms with van der Waals surface area (Å²) in [5, 5.41) is -0.127. The van der Waals surface area contributed by atoms with E-state index in [0.29, 0.717) is 5.56 Å². The summed E-state index contributed by atoms with van der Waals surface area (Å²) in [5.41, 5.74) is 0.678. The van der Waals surface area contributed by atoms with Crippen LogP contribution in [0.25, 0.3) is 0 Å². The Morgan fingerprint density at radius 1 is 1.08 bits per heavy atom. The molecule has 24 heavy (non-hydrogen) atoms. The molecule has 1 aromatic carbocycles. The average Bonchev–Trinajstić information content (AvgIpc) is 2.49. The summed E-state index contributed by atoms with van der Waals surface area (Å²) in [7, 11) is -2.30. The highest BCUT2D eigenvalue weighted by atomic mass is 28.4. The van der Waals surface area contributed by atoms with Crippen LogP contribution >= 0.6 is 0 Å². The second-order valence-electron chi connectivity index (χ2n) is 8.42. The molecule has 1 saturated carbocycles. The fourth-order valence-electron chi connectivity index (χ4n) is 2.91. The van der Waals surface area contributed by atoms with E-state index in [1.807, 2.05) is 33.9 Å². The average molecular weight is 355 g/mol. The highest BCUT2D eigenvalue weighted by Gasteiger charge is 2.40. The van der Waals surface area contributed by atoms with Gasteiger partial charge in [0.05, 0.1) is 0 Å². The zero-order valence-electron chi connectivity index (χ0n) is 15.3. The van der Waals surface area contributed by atoms with Gasteiger partial charge in [-0.25, -0.2) is 8.78 Å². The van der Waals surface area contributed by atoms with Crippen molar-refractivity contribution in [2.24, 2.45) is 5.92 Å². The Morgan fingerprint density at radius 2 is 1.58 bits per heavy atom. The lowest BCUT2D eigenvalue weighted by Gasteiger charge is -2.36. The number of carbonyl (C=O) groups is 1. The van der Waals surface area contributed by atoms with E-state index < -0.39 is 20.0 Å². The first-order valence-electron chi connectivity index (χ1n) is 8.68. The van der Waals surface area contributed by atoms with Crippen molar-refractivity contribution in [3.8, 4) is 5.75 Å². The summed E-state index contributed by atoms with van der Waals surface area (Å²) < 4.78 is 34.9. The van der Waals surface area contributed by atoms with Crippen molar-refractivity contribution < 1.29 is 18.0 Å². The maximum atomic E-state index is 14.5. The van der Waals surface area contributed by atoms with Crippen LogP contribution in [0.3, 0.4) is 0 Å². The molecule has 1 aliphatic rings. The largest absolute Gasteiger partial charge is 0.540 e. The topological polar surface area (TPSA) is 26.3 Å². The van der Waals surface area contributed by atoms with E-state index in [-0.39, 0.29) is 22.6 Å². The van der Waals surface area contributed by atoms with Gasteiger partial charge in [-0.3, -0.25) is 0 Å². The highest BCUT2D eigenvalue weighted by molar-refractivity contribution is 6.74. The van der Waals surface area contributed by atoms with E-state index in [1.165, 1.54) is 12.1 Å². The predicted molar refractivity (Wildman–Crippen MR) is 94.9 cm³/mol. The molecule has 5 heteroatoms. The number of hydrogen-bond donors (Lipinski definition) is 0. The zero-order chi connectivity index (χ0) is 18.1. The Morgan fingerprint density at radius 3 is 2.00 bits per heavy atom. The number of benzene rings is 1. The van der Waals surface area contributed by atoms with Crippen LogP contribution in [0.5, 0.6) is 5.75 Å². The van der Waals surface area contributed by atoms with Gasteiger partial charge in [-0.05, 0) is 67.4 Å². The van der Waals surface area contributed by atoms with Crippen molar-refractivity contribution in [1.29, 1.82) is 0 Å². The summed E-state index contributed by atoms with van der Waals surface area (Å²) >= 11 is 0. The van der Waals surface area contributed by atoms with Gasteiger partial charge < -0.3 is 9.22 Å². The number of carbonyl (C=O) groups excluding carboxylic acids is 1. The van der Waals surface area contributed by atoms with Gasteiger partial charge in [0.15, 0.2) is 17.4 Å². The van der Waals surface area contributed by atoms with E-state index in [1.54, 1.807) is 0 Å². The summed E-state index contributed by atoms with van der Waals surface area (Å²) in [6.45, 7) is 10.1. The van der Waals surface area contributed by atoms with Gasteiger partial charge in [-0.15, -0.1) is 0 Å². The molecule has 1 aromatic rings. The molecule has 0 N–H and O–H groups in total. The number of rotatable bonds is 4. The summed E-state index contributed by atoms with van der Waals surface area (Å²) in [6, 6.07) is 2.83. The fraction of sp³-hybridized carbons (Fsp3) is 0.632. The van der Waals surface area contributed by atoms with Gasteiger partial charge in [0, 0.05) is 5.92 Å². The highest BCUT2D eigenvalue weighted by Crippen LogP contribution is 2.41. The first kappa shape index (κ1) is 19.1. The normalized spacial score (nSPS) is 22.3. The molecule has 0 heterocycles.